The van der Waals surface area contributed by atoms with Crippen molar-refractivity contribution in [3.05, 3.63) is 48.5 Å². The van der Waals surface area contributed by atoms with Crippen LogP contribution in [0.5, 0.6) is 5.75 Å². The average Bonchev–Trinajstić information content (AvgIpc) is 3.07. The van der Waals surface area contributed by atoms with Crippen LogP contribution < -0.4 is 15.4 Å². The molecule has 2 amide bonds. The van der Waals surface area contributed by atoms with Gasteiger partial charge < -0.3 is 19.9 Å². The number of thioether (sulfide) groups is 1. The highest BCUT2D eigenvalue weighted by atomic mass is 32.2. The van der Waals surface area contributed by atoms with Crippen molar-refractivity contribution in [3.8, 4) is 17.1 Å². The quantitative estimate of drug-likeness (QED) is 0.580. The molecule has 1 aromatic heterocycles. The molecule has 0 bridgehead atoms. The van der Waals surface area contributed by atoms with Crippen molar-refractivity contribution in [2.24, 2.45) is 7.05 Å². The number of amides is 2. The van der Waals surface area contributed by atoms with Crippen molar-refractivity contribution in [2.45, 2.75) is 12.1 Å². The molecule has 0 radical (unpaired) electrons. The smallest absolute Gasteiger partial charge is 0.234 e. The maximum atomic E-state index is 12.3. The highest BCUT2D eigenvalue weighted by molar-refractivity contribution is 7.99. The minimum atomic E-state index is -0.170. The van der Waals surface area contributed by atoms with E-state index in [1.807, 2.05) is 41.9 Å². The van der Waals surface area contributed by atoms with Gasteiger partial charge in [0, 0.05) is 25.2 Å². The summed E-state index contributed by atoms with van der Waals surface area (Å²) in [5.41, 5.74) is 2.12. The second-order valence-corrected chi connectivity index (χ2v) is 7.11. The topological polar surface area (TPSA) is 98.1 Å². The van der Waals surface area contributed by atoms with Gasteiger partial charge in [0.1, 0.15) is 5.75 Å². The first-order valence-corrected chi connectivity index (χ1v) is 9.79. The summed E-state index contributed by atoms with van der Waals surface area (Å²) in [4.78, 5) is 23.6. The maximum Gasteiger partial charge on any atom is 0.234 e. The lowest BCUT2D eigenvalue weighted by molar-refractivity contribution is -0.114. The van der Waals surface area contributed by atoms with Crippen molar-refractivity contribution in [1.29, 1.82) is 0 Å². The molecule has 8 nitrogen and oxygen atoms in total. The molecule has 0 fully saturated rings. The van der Waals surface area contributed by atoms with Gasteiger partial charge in [-0.3, -0.25) is 9.59 Å². The Hall–Kier alpha value is -3.33. The van der Waals surface area contributed by atoms with E-state index < -0.39 is 0 Å². The fraction of sp³-hybridized carbons (Fsp3) is 0.200. The van der Waals surface area contributed by atoms with E-state index in [0.717, 1.165) is 5.56 Å². The van der Waals surface area contributed by atoms with Crippen LogP contribution >= 0.6 is 11.8 Å². The molecular weight excluding hydrogens is 390 g/mol. The van der Waals surface area contributed by atoms with E-state index in [9.17, 15) is 9.59 Å². The first kappa shape index (κ1) is 20.4. The average molecular weight is 411 g/mol. The van der Waals surface area contributed by atoms with Gasteiger partial charge in [0.05, 0.1) is 18.6 Å². The zero-order valence-corrected chi connectivity index (χ0v) is 17.1. The normalized spacial score (nSPS) is 10.4. The fourth-order valence-corrected chi connectivity index (χ4v) is 3.41. The highest BCUT2D eigenvalue weighted by Crippen LogP contribution is 2.26. The van der Waals surface area contributed by atoms with Gasteiger partial charge in [0.25, 0.3) is 0 Å². The van der Waals surface area contributed by atoms with Crippen LogP contribution in [-0.4, -0.2) is 39.4 Å². The number of benzene rings is 2. The van der Waals surface area contributed by atoms with Gasteiger partial charge in [-0.1, -0.05) is 36.0 Å². The van der Waals surface area contributed by atoms with E-state index in [4.69, 9.17) is 4.74 Å². The van der Waals surface area contributed by atoms with Crippen molar-refractivity contribution >= 4 is 35.0 Å². The van der Waals surface area contributed by atoms with Gasteiger partial charge in [0.15, 0.2) is 11.0 Å². The second-order valence-electron chi connectivity index (χ2n) is 6.16. The molecule has 29 heavy (non-hydrogen) atoms. The number of anilines is 2. The molecule has 0 aliphatic carbocycles. The summed E-state index contributed by atoms with van der Waals surface area (Å²) in [6, 6.07) is 14.6. The van der Waals surface area contributed by atoms with Crippen molar-refractivity contribution in [3.63, 3.8) is 0 Å². The van der Waals surface area contributed by atoms with E-state index >= 15 is 0 Å². The molecule has 0 saturated heterocycles. The molecule has 0 aliphatic heterocycles. The Morgan fingerprint density at radius 2 is 1.90 bits per heavy atom. The van der Waals surface area contributed by atoms with Crippen LogP contribution in [0.4, 0.5) is 11.4 Å². The minimum Gasteiger partial charge on any atom is -0.495 e. The van der Waals surface area contributed by atoms with E-state index in [1.54, 1.807) is 25.3 Å². The SMILES string of the molecule is COc1ccccc1NC(=O)CSc1nnc(-c2cccc(NC(C)=O)c2)n1C. The van der Waals surface area contributed by atoms with Crippen LogP contribution in [-0.2, 0) is 16.6 Å². The molecule has 0 aliphatic rings. The Morgan fingerprint density at radius 3 is 2.66 bits per heavy atom. The Bertz CT molecular complexity index is 1030. The number of aromatic nitrogens is 3. The molecule has 0 atom stereocenters. The van der Waals surface area contributed by atoms with Crippen LogP contribution in [0.2, 0.25) is 0 Å². The Balaban J connectivity index is 1.67. The van der Waals surface area contributed by atoms with Crippen molar-refractivity contribution in [2.75, 3.05) is 23.5 Å². The van der Waals surface area contributed by atoms with Crippen LogP contribution in [0, 0.1) is 0 Å². The summed E-state index contributed by atoms with van der Waals surface area (Å²) < 4.78 is 7.05. The summed E-state index contributed by atoms with van der Waals surface area (Å²) in [5.74, 6) is 1.11. The van der Waals surface area contributed by atoms with Crippen LogP contribution in [0.1, 0.15) is 6.92 Å². The molecule has 0 saturated carbocycles. The first-order chi connectivity index (χ1) is 14.0. The van der Waals surface area contributed by atoms with Gasteiger partial charge in [-0.05, 0) is 24.3 Å². The second kappa shape index (κ2) is 9.24. The molecule has 2 N–H and O–H groups in total. The highest BCUT2D eigenvalue weighted by Gasteiger charge is 2.14. The maximum absolute atomic E-state index is 12.3. The zero-order valence-electron chi connectivity index (χ0n) is 16.3. The summed E-state index contributed by atoms with van der Waals surface area (Å²) in [5, 5.41) is 14.6. The van der Waals surface area contributed by atoms with E-state index in [1.165, 1.54) is 18.7 Å². The Labute approximate surface area is 172 Å². The fourth-order valence-electron chi connectivity index (χ4n) is 2.70. The molecule has 1 heterocycles. The third-order valence-electron chi connectivity index (χ3n) is 3.99. The molecule has 0 spiro atoms. The molecule has 150 valence electrons. The largest absolute Gasteiger partial charge is 0.495 e. The predicted molar refractivity (Wildman–Crippen MR) is 113 cm³/mol. The lowest BCUT2D eigenvalue weighted by Gasteiger charge is -2.09. The summed E-state index contributed by atoms with van der Waals surface area (Å²) in [7, 11) is 3.39. The zero-order chi connectivity index (χ0) is 20.8. The van der Waals surface area contributed by atoms with Crippen molar-refractivity contribution < 1.29 is 14.3 Å². The number of nitrogens with zero attached hydrogens (tertiary/aromatic N) is 3. The van der Waals surface area contributed by atoms with Gasteiger partial charge in [-0.25, -0.2) is 0 Å². The summed E-state index contributed by atoms with van der Waals surface area (Å²) >= 11 is 1.28. The lowest BCUT2D eigenvalue weighted by Crippen LogP contribution is -2.15. The number of carbonyl (C=O) groups excluding carboxylic acids is 2. The van der Waals surface area contributed by atoms with Crippen LogP contribution in [0.25, 0.3) is 11.4 Å². The molecule has 9 heteroatoms. The first-order valence-electron chi connectivity index (χ1n) is 8.81. The molecular formula is C20H21N5O3S. The third-order valence-corrected chi connectivity index (χ3v) is 5.01. The monoisotopic (exact) mass is 411 g/mol. The number of ether oxygens (including phenoxy) is 1. The number of rotatable bonds is 7. The van der Waals surface area contributed by atoms with E-state index in [0.29, 0.717) is 28.1 Å². The molecule has 3 aromatic rings. The number of para-hydroxylation sites is 2. The van der Waals surface area contributed by atoms with Crippen molar-refractivity contribution in [1.82, 2.24) is 14.8 Å². The van der Waals surface area contributed by atoms with E-state index in [2.05, 4.69) is 20.8 Å². The van der Waals surface area contributed by atoms with Gasteiger partial charge in [-0.2, -0.15) is 0 Å². The minimum absolute atomic E-state index is 0.141. The van der Waals surface area contributed by atoms with Gasteiger partial charge in [0.2, 0.25) is 11.8 Å². The number of hydrogen-bond donors (Lipinski definition) is 2. The molecule has 3 rings (SSSR count). The third kappa shape index (κ3) is 5.14. The number of carbonyl (C=O) groups is 2. The number of hydrogen-bond acceptors (Lipinski definition) is 6. The van der Waals surface area contributed by atoms with E-state index in [-0.39, 0.29) is 17.6 Å². The lowest BCUT2D eigenvalue weighted by atomic mass is 10.2. The van der Waals surface area contributed by atoms with Crippen LogP contribution in [0.3, 0.4) is 0 Å². The molecule has 0 unspecified atom stereocenters. The Morgan fingerprint density at radius 1 is 1.10 bits per heavy atom. The Kier molecular flexibility index (Phi) is 6.50. The standard InChI is InChI=1S/C20H21N5O3S/c1-13(26)21-15-8-6-7-14(11-15)19-23-24-20(25(19)2)29-12-18(27)22-16-9-4-5-10-17(16)28-3/h4-11H,12H2,1-3H3,(H,21,26)(H,22,27). The summed E-state index contributed by atoms with van der Waals surface area (Å²) in [6.07, 6.45) is 0. The number of nitrogens with one attached hydrogen (secondary N) is 2. The van der Waals surface area contributed by atoms with Crippen LogP contribution in [0.15, 0.2) is 53.7 Å². The summed E-state index contributed by atoms with van der Waals surface area (Å²) in [6.45, 7) is 1.46. The van der Waals surface area contributed by atoms with Gasteiger partial charge in [-0.15, -0.1) is 10.2 Å². The number of methoxy groups -OCH3 is 1. The molecule has 2 aromatic carbocycles. The predicted octanol–water partition coefficient (Wildman–Crippen LogP) is 3.18. The van der Waals surface area contributed by atoms with Gasteiger partial charge >= 0.3 is 0 Å².